The number of aromatic nitrogens is 3. The van der Waals surface area contributed by atoms with Crippen molar-refractivity contribution in [1.29, 1.82) is 0 Å². The van der Waals surface area contributed by atoms with Gasteiger partial charge in [-0.25, -0.2) is 14.3 Å². The SMILES string of the molecule is COC(=O)C(OC(C)(C)C)c1c(C)nc2c(Cl)c(C)nn2c1-c1ccc2c(c1)CCCO2. The highest BCUT2D eigenvalue weighted by Crippen LogP contribution is 2.39. The van der Waals surface area contributed by atoms with Crippen LogP contribution in [-0.2, 0) is 20.7 Å². The summed E-state index contributed by atoms with van der Waals surface area (Å²) in [5.74, 6) is 0.385. The molecule has 2 aromatic heterocycles. The minimum atomic E-state index is -0.984. The lowest BCUT2D eigenvalue weighted by Crippen LogP contribution is -2.30. The van der Waals surface area contributed by atoms with E-state index in [-0.39, 0.29) is 0 Å². The Morgan fingerprint density at radius 1 is 1.25 bits per heavy atom. The van der Waals surface area contributed by atoms with E-state index < -0.39 is 17.7 Å². The van der Waals surface area contributed by atoms with Crippen molar-refractivity contribution < 1.29 is 19.0 Å². The van der Waals surface area contributed by atoms with Crippen LogP contribution in [-0.4, -0.2) is 39.9 Å². The quantitative estimate of drug-likeness (QED) is 0.512. The Morgan fingerprint density at radius 2 is 2.00 bits per heavy atom. The highest BCUT2D eigenvalue weighted by Gasteiger charge is 2.34. The van der Waals surface area contributed by atoms with Gasteiger partial charge in [0.05, 0.1) is 30.7 Å². The van der Waals surface area contributed by atoms with E-state index in [0.29, 0.717) is 39.9 Å². The van der Waals surface area contributed by atoms with Gasteiger partial charge in [-0.15, -0.1) is 0 Å². The summed E-state index contributed by atoms with van der Waals surface area (Å²) in [7, 11) is 1.35. The van der Waals surface area contributed by atoms with Crippen molar-refractivity contribution in [2.45, 2.75) is 59.2 Å². The van der Waals surface area contributed by atoms with Gasteiger partial charge in [0.1, 0.15) is 10.8 Å². The minimum Gasteiger partial charge on any atom is -0.493 e. The normalized spacial score (nSPS) is 14.7. The molecule has 0 N–H and O–H groups in total. The molecule has 32 heavy (non-hydrogen) atoms. The number of hydrogen-bond donors (Lipinski definition) is 0. The molecule has 0 fully saturated rings. The molecule has 0 spiro atoms. The van der Waals surface area contributed by atoms with Gasteiger partial charge in [0.15, 0.2) is 11.8 Å². The molecule has 170 valence electrons. The molecule has 1 atom stereocenters. The van der Waals surface area contributed by atoms with E-state index in [1.54, 1.807) is 4.52 Å². The van der Waals surface area contributed by atoms with Crippen LogP contribution < -0.4 is 4.74 Å². The molecular weight excluding hydrogens is 430 g/mol. The van der Waals surface area contributed by atoms with Gasteiger partial charge in [-0.1, -0.05) is 11.6 Å². The second kappa shape index (κ2) is 8.37. The second-order valence-electron chi connectivity index (χ2n) is 9.00. The van der Waals surface area contributed by atoms with Crippen molar-refractivity contribution in [2.24, 2.45) is 0 Å². The monoisotopic (exact) mass is 457 g/mol. The van der Waals surface area contributed by atoms with Gasteiger partial charge in [-0.3, -0.25) is 0 Å². The van der Waals surface area contributed by atoms with E-state index in [1.165, 1.54) is 7.11 Å². The number of rotatable bonds is 4. The first-order valence-corrected chi connectivity index (χ1v) is 11.1. The number of fused-ring (bicyclic) bond motifs is 2. The summed E-state index contributed by atoms with van der Waals surface area (Å²) in [6.45, 7) is 10.1. The lowest BCUT2D eigenvalue weighted by molar-refractivity contribution is -0.164. The second-order valence-corrected chi connectivity index (χ2v) is 9.38. The Balaban J connectivity index is 2.05. The molecule has 0 saturated carbocycles. The van der Waals surface area contributed by atoms with Crippen molar-refractivity contribution >= 4 is 23.2 Å². The molecule has 3 heterocycles. The first-order chi connectivity index (χ1) is 15.1. The number of carbonyl (C=O) groups is 1. The average Bonchev–Trinajstić information content (AvgIpc) is 3.03. The van der Waals surface area contributed by atoms with Crippen LogP contribution in [0.25, 0.3) is 16.9 Å². The summed E-state index contributed by atoms with van der Waals surface area (Å²) in [6, 6.07) is 6.02. The molecule has 1 unspecified atom stereocenters. The van der Waals surface area contributed by atoms with Crippen LogP contribution >= 0.6 is 11.6 Å². The maximum atomic E-state index is 12.9. The van der Waals surface area contributed by atoms with Crippen LogP contribution in [0, 0.1) is 13.8 Å². The number of ether oxygens (including phenoxy) is 3. The summed E-state index contributed by atoms with van der Waals surface area (Å²) in [6.07, 6.45) is 0.893. The van der Waals surface area contributed by atoms with Gasteiger partial charge < -0.3 is 14.2 Å². The Bertz CT molecular complexity index is 1200. The maximum absolute atomic E-state index is 12.9. The number of benzene rings is 1. The fourth-order valence-electron chi connectivity index (χ4n) is 4.04. The van der Waals surface area contributed by atoms with Crippen molar-refractivity contribution in [3.63, 3.8) is 0 Å². The first-order valence-electron chi connectivity index (χ1n) is 10.7. The smallest absolute Gasteiger partial charge is 0.339 e. The van der Waals surface area contributed by atoms with Crippen LogP contribution in [0.15, 0.2) is 18.2 Å². The molecule has 0 saturated heterocycles. The van der Waals surface area contributed by atoms with Gasteiger partial charge >= 0.3 is 5.97 Å². The third-order valence-corrected chi connectivity index (χ3v) is 5.87. The number of methoxy groups -OCH3 is 1. The van der Waals surface area contributed by atoms with Gasteiger partial charge in [-0.2, -0.15) is 5.10 Å². The summed E-state index contributed by atoms with van der Waals surface area (Å²) in [5.41, 5.74) is 4.53. The predicted octanol–water partition coefficient (Wildman–Crippen LogP) is 5.02. The average molecular weight is 458 g/mol. The van der Waals surface area contributed by atoms with Crippen molar-refractivity contribution in [1.82, 2.24) is 14.6 Å². The van der Waals surface area contributed by atoms with Crippen molar-refractivity contribution in [3.05, 3.63) is 45.7 Å². The topological polar surface area (TPSA) is 75.0 Å². The van der Waals surface area contributed by atoms with Crippen LogP contribution in [0.4, 0.5) is 0 Å². The van der Waals surface area contributed by atoms with Crippen molar-refractivity contribution in [3.8, 4) is 17.0 Å². The first kappa shape index (κ1) is 22.6. The number of aryl methyl sites for hydroxylation is 3. The molecular formula is C24H28ClN3O4. The zero-order chi connectivity index (χ0) is 23.2. The minimum absolute atomic E-state index is 0.480. The zero-order valence-corrected chi connectivity index (χ0v) is 20.0. The van der Waals surface area contributed by atoms with E-state index in [1.807, 2.05) is 46.8 Å². The number of nitrogens with zero attached hydrogens (tertiary/aromatic N) is 3. The molecule has 0 amide bonds. The van der Waals surface area contributed by atoms with E-state index in [9.17, 15) is 4.79 Å². The summed E-state index contributed by atoms with van der Waals surface area (Å²) in [4.78, 5) is 17.6. The third-order valence-electron chi connectivity index (χ3n) is 5.43. The molecule has 1 aliphatic heterocycles. The fraction of sp³-hybridized carbons (Fsp3) is 0.458. The van der Waals surface area contributed by atoms with Crippen LogP contribution in [0.3, 0.4) is 0 Å². The molecule has 1 aliphatic rings. The zero-order valence-electron chi connectivity index (χ0n) is 19.3. The summed E-state index contributed by atoms with van der Waals surface area (Å²) >= 11 is 6.53. The van der Waals surface area contributed by atoms with Crippen LogP contribution in [0.1, 0.15) is 55.8 Å². The fourth-order valence-corrected chi connectivity index (χ4v) is 4.20. The highest BCUT2D eigenvalue weighted by molar-refractivity contribution is 6.34. The predicted molar refractivity (Wildman–Crippen MR) is 122 cm³/mol. The molecule has 4 rings (SSSR count). The van der Waals surface area contributed by atoms with E-state index in [2.05, 4.69) is 11.2 Å². The van der Waals surface area contributed by atoms with E-state index in [0.717, 1.165) is 29.7 Å². The largest absolute Gasteiger partial charge is 0.493 e. The molecule has 0 aliphatic carbocycles. The van der Waals surface area contributed by atoms with Crippen LogP contribution in [0.2, 0.25) is 5.02 Å². The molecule has 7 nitrogen and oxygen atoms in total. The Hall–Kier alpha value is -2.64. The number of esters is 1. The van der Waals surface area contributed by atoms with Gasteiger partial charge in [0.2, 0.25) is 0 Å². The van der Waals surface area contributed by atoms with Crippen LogP contribution in [0.5, 0.6) is 5.75 Å². The summed E-state index contributed by atoms with van der Waals surface area (Å²) < 4.78 is 18.8. The number of hydrogen-bond acceptors (Lipinski definition) is 6. The lowest BCUT2D eigenvalue weighted by atomic mass is 9.96. The lowest BCUT2D eigenvalue weighted by Gasteiger charge is -2.28. The number of carbonyl (C=O) groups excluding carboxylic acids is 1. The molecule has 1 aromatic carbocycles. The molecule has 0 bridgehead atoms. The summed E-state index contributed by atoms with van der Waals surface area (Å²) in [5, 5.41) is 5.13. The third kappa shape index (κ3) is 4.07. The maximum Gasteiger partial charge on any atom is 0.339 e. The molecule has 0 radical (unpaired) electrons. The van der Waals surface area contributed by atoms with Crippen molar-refractivity contribution in [2.75, 3.05) is 13.7 Å². The molecule has 8 heteroatoms. The Labute approximate surface area is 192 Å². The Morgan fingerprint density at radius 3 is 2.69 bits per heavy atom. The number of halogens is 1. The van der Waals surface area contributed by atoms with E-state index >= 15 is 0 Å². The molecule has 3 aromatic rings. The highest BCUT2D eigenvalue weighted by atomic mass is 35.5. The van der Waals surface area contributed by atoms with Gasteiger partial charge in [-0.05, 0) is 71.2 Å². The van der Waals surface area contributed by atoms with E-state index in [4.69, 9.17) is 30.8 Å². The standard InChI is InChI=1S/C24H28ClN3O4/c1-13-18(21(23(29)30-6)32-24(3,4)5)20(28-22(26-13)19(25)14(2)27-28)16-9-10-17-15(12-16)8-7-11-31-17/h9-10,12,21H,7-8,11H2,1-6H3. The van der Waals surface area contributed by atoms with Gasteiger partial charge in [0, 0.05) is 16.8 Å². The van der Waals surface area contributed by atoms with Gasteiger partial charge in [0.25, 0.3) is 0 Å². The Kier molecular flexibility index (Phi) is 5.90.